The molecule has 0 saturated heterocycles. The van der Waals surface area contributed by atoms with Crippen molar-refractivity contribution in [1.82, 2.24) is 0 Å². The molecule has 0 fully saturated rings. The Labute approximate surface area is 111 Å². The first-order valence-corrected chi connectivity index (χ1v) is 6.26. The molecule has 0 aliphatic rings. The molecule has 0 heterocycles. The van der Waals surface area contributed by atoms with E-state index in [-0.39, 0.29) is 11.8 Å². The molecule has 0 aliphatic carbocycles. The van der Waals surface area contributed by atoms with Gasteiger partial charge in [-0.15, -0.1) is 0 Å². The number of halogens is 2. The van der Waals surface area contributed by atoms with Crippen LogP contribution in [0.4, 0.5) is 11.4 Å². The minimum atomic E-state index is -0.0382. The lowest BCUT2D eigenvalue weighted by Gasteiger charge is -2.12. The first-order chi connectivity index (χ1) is 7.95. The Balaban J connectivity index is 2.79. The van der Waals surface area contributed by atoms with Gasteiger partial charge in [-0.1, -0.05) is 43.5 Å². The number of carbonyl (C=O) groups is 1. The van der Waals surface area contributed by atoms with Gasteiger partial charge in [0.2, 0.25) is 5.91 Å². The van der Waals surface area contributed by atoms with Crippen LogP contribution in [-0.2, 0) is 4.79 Å². The molecular formula is C12H16Cl2N2O. The summed E-state index contributed by atoms with van der Waals surface area (Å²) < 4.78 is 0. The van der Waals surface area contributed by atoms with Crippen molar-refractivity contribution in [3.63, 3.8) is 0 Å². The predicted molar refractivity (Wildman–Crippen MR) is 73.6 cm³/mol. The summed E-state index contributed by atoms with van der Waals surface area (Å²) in [5.41, 5.74) is 6.51. The van der Waals surface area contributed by atoms with Gasteiger partial charge in [0.05, 0.1) is 15.7 Å². The Kier molecular flexibility index (Phi) is 5.09. The molecule has 0 bridgehead atoms. The molecule has 5 heteroatoms. The largest absolute Gasteiger partial charge is 0.396 e. The molecule has 1 aromatic rings. The van der Waals surface area contributed by atoms with Crippen molar-refractivity contribution >= 4 is 40.5 Å². The zero-order valence-electron chi connectivity index (χ0n) is 9.89. The summed E-state index contributed by atoms with van der Waals surface area (Å²) in [5, 5.41) is 3.46. The number of hydrogen-bond donors (Lipinski definition) is 2. The second-order valence-electron chi connectivity index (χ2n) is 4.03. The van der Waals surface area contributed by atoms with Crippen LogP contribution in [-0.4, -0.2) is 5.91 Å². The quantitative estimate of drug-likeness (QED) is 0.817. The van der Waals surface area contributed by atoms with Crippen LogP contribution in [0, 0.1) is 5.92 Å². The van der Waals surface area contributed by atoms with E-state index in [0.717, 1.165) is 12.8 Å². The number of nitrogen functional groups attached to an aromatic ring is 1. The summed E-state index contributed by atoms with van der Waals surface area (Å²) in [5.74, 6) is -0.0705. The van der Waals surface area contributed by atoms with Crippen molar-refractivity contribution in [3.8, 4) is 0 Å². The van der Waals surface area contributed by atoms with Gasteiger partial charge in [0.1, 0.15) is 0 Å². The van der Waals surface area contributed by atoms with Crippen molar-refractivity contribution in [2.75, 3.05) is 11.1 Å². The Morgan fingerprint density at radius 2 is 1.94 bits per heavy atom. The monoisotopic (exact) mass is 274 g/mol. The fourth-order valence-corrected chi connectivity index (χ4v) is 1.97. The molecule has 1 aromatic carbocycles. The highest BCUT2D eigenvalue weighted by molar-refractivity contribution is 6.39. The van der Waals surface area contributed by atoms with E-state index >= 15 is 0 Å². The summed E-state index contributed by atoms with van der Waals surface area (Å²) in [6.07, 6.45) is 1.82. The van der Waals surface area contributed by atoms with Gasteiger partial charge in [-0.05, 0) is 18.6 Å². The number of nitrogens with one attached hydrogen (secondary N) is 1. The highest BCUT2D eigenvalue weighted by atomic mass is 35.5. The normalized spacial score (nSPS) is 12.2. The molecule has 3 N–H and O–H groups in total. The number of hydrogen-bond acceptors (Lipinski definition) is 2. The van der Waals surface area contributed by atoms with E-state index < -0.39 is 0 Å². The summed E-state index contributed by atoms with van der Waals surface area (Å²) in [6, 6.07) is 3.19. The van der Waals surface area contributed by atoms with Gasteiger partial charge in [0.15, 0.2) is 0 Å². The van der Waals surface area contributed by atoms with Crippen LogP contribution in [0.3, 0.4) is 0 Å². The van der Waals surface area contributed by atoms with Gasteiger partial charge in [0.25, 0.3) is 0 Å². The third kappa shape index (κ3) is 3.79. The van der Waals surface area contributed by atoms with Crippen molar-refractivity contribution in [2.45, 2.75) is 26.7 Å². The SMILES string of the molecule is CCCC(C)C(=O)Nc1cc(Cl)c(N)c(Cl)c1. The lowest BCUT2D eigenvalue weighted by molar-refractivity contribution is -0.119. The molecular weight excluding hydrogens is 259 g/mol. The molecule has 1 amide bonds. The van der Waals surface area contributed by atoms with Gasteiger partial charge in [-0.3, -0.25) is 4.79 Å². The number of amides is 1. The smallest absolute Gasteiger partial charge is 0.227 e. The van der Waals surface area contributed by atoms with Crippen LogP contribution in [0.5, 0.6) is 0 Å². The second-order valence-corrected chi connectivity index (χ2v) is 4.85. The van der Waals surface area contributed by atoms with Crippen LogP contribution in [0.15, 0.2) is 12.1 Å². The summed E-state index contributed by atoms with van der Waals surface area (Å²) >= 11 is 11.8. The van der Waals surface area contributed by atoms with Crippen LogP contribution in [0.25, 0.3) is 0 Å². The van der Waals surface area contributed by atoms with Crippen LogP contribution < -0.4 is 11.1 Å². The van der Waals surface area contributed by atoms with Crippen molar-refractivity contribution in [3.05, 3.63) is 22.2 Å². The number of rotatable bonds is 4. The highest BCUT2D eigenvalue weighted by Crippen LogP contribution is 2.31. The van der Waals surface area contributed by atoms with Gasteiger partial charge in [0, 0.05) is 11.6 Å². The number of nitrogens with two attached hydrogens (primary N) is 1. The molecule has 1 unspecified atom stereocenters. The van der Waals surface area contributed by atoms with E-state index in [1.807, 2.05) is 13.8 Å². The highest BCUT2D eigenvalue weighted by Gasteiger charge is 2.13. The molecule has 94 valence electrons. The molecule has 0 aliphatic heterocycles. The zero-order chi connectivity index (χ0) is 13.0. The molecule has 0 saturated carbocycles. The molecule has 0 aromatic heterocycles. The lowest BCUT2D eigenvalue weighted by atomic mass is 10.1. The Bertz CT molecular complexity index is 398. The predicted octanol–water partition coefficient (Wildman–Crippen LogP) is 3.95. The maximum atomic E-state index is 11.8. The van der Waals surface area contributed by atoms with E-state index in [0.29, 0.717) is 21.4 Å². The Morgan fingerprint density at radius 1 is 1.41 bits per heavy atom. The van der Waals surface area contributed by atoms with E-state index in [1.54, 1.807) is 12.1 Å². The topological polar surface area (TPSA) is 55.1 Å². The average Bonchev–Trinajstić information content (AvgIpc) is 2.26. The van der Waals surface area contributed by atoms with E-state index in [2.05, 4.69) is 5.32 Å². The molecule has 1 atom stereocenters. The first kappa shape index (κ1) is 14.1. The second kappa shape index (κ2) is 6.12. The number of carbonyl (C=O) groups excluding carboxylic acids is 1. The van der Waals surface area contributed by atoms with Gasteiger partial charge in [-0.2, -0.15) is 0 Å². The van der Waals surface area contributed by atoms with Gasteiger partial charge in [-0.25, -0.2) is 0 Å². The molecule has 3 nitrogen and oxygen atoms in total. The van der Waals surface area contributed by atoms with Crippen LogP contribution in [0.1, 0.15) is 26.7 Å². The molecule has 1 rings (SSSR count). The minimum absolute atomic E-state index is 0.0323. The van der Waals surface area contributed by atoms with E-state index in [9.17, 15) is 4.79 Å². The first-order valence-electron chi connectivity index (χ1n) is 5.51. The van der Waals surface area contributed by atoms with E-state index in [4.69, 9.17) is 28.9 Å². The van der Waals surface area contributed by atoms with E-state index in [1.165, 1.54) is 0 Å². The third-order valence-corrected chi connectivity index (χ3v) is 3.14. The summed E-state index contributed by atoms with van der Waals surface area (Å²) in [4.78, 5) is 11.8. The number of anilines is 2. The molecule has 0 spiro atoms. The maximum absolute atomic E-state index is 11.8. The van der Waals surface area contributed by atoms with Crippen molar-refractivity contribution in [1.29, 1.82) is 0 Å². The number of benzene rings is 1. The Morgan fingerprint density at radius 3 is 2.41 bits per heavy atom. The average molecular weight is 275 g/mol. The van der Waals surface area contributed by atoms with Gasteiger partial charge >= 0.3 is 0 Å². The summed E-state index contributed by atoms with van der Waals surface area (Å²) in [7, 11) is 0. The summed E-state index contributed by atoms with van der Waals surface area (Å²) in [6.45, 7) is 3.93. The third-order valence-electron chi connectivity index (χ3n) is 2.52. The fraction of sp³-hybridized carbons (Fsp3) is 0.417. The van der Waals surface area contributed by atoms with Crippen LogP contribution >= 0.6 is 23.2 Å². The molecule has 0 radical (unpaired) electrons. The maximum Gasteiger partial charge on any atom is 0.227 e. The fourth-order valence-electron chi connectivity index (χ4n) is 1.49. The standard InChI is InChI=1S/C12H16Cl2N2O/c1-3-4-7(2)12(17)16-8-5-9(13)11(15)10(14)6-8/h5-7H,3-4,15H2,1-2H3,(H,16,17). The van der Waals surface area contributed by atoms with Crippen LogP contribution in [0.2, 0.25) is 10.0 Å². The van der Waals surface area contributed by atoms with Crippen molar-refractivity contribution < 1.29 is 4.79 Å². The Hall–Kier alpha value is -0.930. The van der Waals surface area contributed by atoms with Crippen molar-refractivity contribution in [2.24, 2.45) is 5.92 Å². The minimum Gasteiger partial charge on any atom is -0.396 e. The molecule has 17 heavy (non-hydrogen) atoms. The zero-order valence-corrected chi connectivity index (χ0v) is 11.4. The van der Waals surface area contributed by atoms with Gasteiger partial charge < -0.3 is 11.1 Å². The lowest BCUT2D eigenvalue weighted by Crippen LogP contribution is -2.20.